The Hall–Kier alpha value is -1.90. The molecular weight excluding hydrogens is 324 g/mol. The van der Waals surface area contributed by atoms with Gasteiger partial charge < -0.3 is 9.64 Å². The van der Waals surface area contributed by atoms with Gasteiger partial charge in [-0.3, -0.25) is 0 Å². The minimum Gasteiger partial charge on any atom is -0.367 e. The predicted octanol–water partition coefficient (Wildman–Crippen LogP) is 1.86. The Labute approximate surface area is 145 Å². The molecule has 8 heteroatoms. The van der Waals surface area contributed by atoms with Crippen LogP contribution >= 0.6 is 11.3 Å². The number of fused-ring (bicyclic) bond motifs is 1. The van der Waals surface area contributed by atoms with Crippen LogP contribution in [-0.4, -0.2) is 40.4 Å². The molecule has 1 fully saturated rings. The van der Waals surface area contributed by atoms with Crippen molar-refractivity contribution in [2.75, 3.05) is 19.7 Å². The first kappa shape index (κ1) is 15.6. The third-order valence-corrected chi connectivity index (χ3v) is 5.19. The van der Waals surface area contributed by atoms with Gasteiger partial charge in [0, 0.05) is 23.5 Å². The summed E-state index contributed by atoms with van der Waals surface area (Å²) in [6, 6.07) is 0. The number of ether oxygens (including phenoxy) is 1. The smallest absolute Gasteiger partial charge is 0.170 e. The molecule has 0 aliphatic carbocycles. The van der Waals surface area contributed by atoms with Crippen LogP contribution in [0.2, 0.25) is 0 Å². The lowest BCUT2D eigenvalue weighted by atomic mass is 9.93. The molecule has 7 nitrogen and oxygen atoms in total. The molecule has 4 rings (SSSR count). The lowest BCUT2D eigenvalue weighted by Crippen LogP contribution is -2.42. The SMILES string of the molecule is CC(C)(C)c1csc(C2CN(C3=CN4NNN=C4C=C3)CCO2)n1. The van der Waals surface area contributed by atoms with Crippen molar-refractivity contribution >= 4 is 17.2 Å². The van der Waals surface area contributed by atoms with Crippen LogP contribution in [0.15, 0.2) is 34.5 Å². The predicted molar refractivity (Wildman–Crippen MR) is 93.8 cm³/mol. The lowest BCUT2D eigenvalue weighted by Gasteiger charge is -2.35. The van der Waals surface area contributed by atoms with E-state index in [4.69, 9.17) is 9.72 Å². The Balaban J connectivity index is 1.49. The second-order valence-corrected chi connectivity index (χ2v) is 7.97. The topological polar surface area (TPSA) is 65.0 Å². The molecule has 1 aromatic heterocycles. The van der Waals surface area contributed by atoms with Gasteiger partial charge in [0.2, 0.25) is 0 Å². The van der Waals surface area contributed by atoms with Crippen LogP contribution in [0.3, 0.4) is 0 Å². The van der Waals surface area contributed by atoms with Crippen molar-refractivity contribution in [2.24, 2.45) is 5.10 Å². The van der Waals surface area contributed by atoms with Gasteiger partial charge in [-0.25, -0.2) is 15.5 Å². The van der Waals surface area contributed by atoms with E-state index in [0.29, 0.717) is 6.61 Å². The molecule has 1 aromatic rings. The lowest BCUT2D eigenvalue weighted by molar-refractivity contribution is -0.0175. The molecule has 1 saturated heterocycles. The van der Waals surface area contributed by atoms with E-state index in [0.717, 1.165) is 35.3 Å². The quantitative estimate of drug-likeness (QED) is 0.852. The zero-order valence-corrected chi connectivity index (χ0v) is 14.9. The monoisotopic (exact) mass is 346 g/mol. The number of amidine groups is 1. The average Bonchev–Trinajstić information content (AvgIpc) is 3.23. The number of morpholine rings is 1. The number of nitrogens with zero attached hydrogens (tertiary/aromatic N) is 4. The highest BCUT2D eigenvalue weighted by Gasteiger charge is 2.28. The molecule has 1 atom stereocenters. The summed E-state index contributed by atoms with van der Waals surface area (Å²) in [5, 5.41) is 9.22. The van der Waals surface area contributed by atoms with Gasteiger partial charge in [0.05, 0.1) is 24.5 Å². The van der Waals surface area contributed by atoms with E-state index >= 15 is 0 Å². The van der Waals surface area contributed by atoms with Crippen molar-refractivity contribution in [1.82, 2.24) is 26.0 Å². The molecule has 128 valence electrons. The highest BCUT2D eigenvalue weighted by Crippen LogP contribution is 2.31. The summed E-state index contributed by atoms with van der Waals surface area (Å²) in [5.41, 5.74) is 8.08. The molecule has 0 bridgehead atoms. The number of allylic oxidation sites excluding steroid dienone is 1. The minimum absolute atomic E-state index is 0.0221. The van der Waals surface area contributed by atoms with Crippen LogP contribution in [-0.2, 0) is 10.2 Å². The van der Waals surface area contributed by atoms with Crippen molar-refractivity contribution in [3.63, 3.8) is 0 Å². The first-order valence-corrected chi connectivity index (χ1v) is 8.98. The molecule has 0 saturated carbocycles. The third kappa shape index (κ3) is 2.92. The van der Waals surface area contributed by atoms with Gasteiger partial charge >= 0.3 is 0 Å². The first-order valence-electron chi connectivity index (χ1n) is 8.11. The first-order chi connectivity index (χ1) is 11.5. The van der Waals surface area contributed by atoms with Crippen LogP contribution in [0.4, 0.5) is 0 Å². The van der Waals surface area contributed by atoms with Crippen LogP contribution in [0, 0.1) is 0 Å². The Morgan fingerprint density at radius 3 is 3.00 bits per heavy atom. The molecule has 0 radical (unpaired) electrons. The maximum Gasteiger partial charge on any atom is 0.170 e. The summed E-state index contributed by atoms with van der Waals surface area (Å²) in [6.07, 6.45) is 6.15. The Bertz CT molecular complexity index is 716. The number of hydrogen-bond acceptors (Lipinski definition) is 8. The molecule has 24 heavy (non-hydrogen) atoms. The minimum atomic E-state index is 0.0221. The fourth-order valence-electron chi connectivity index (χ4n) is 2.80. The Morgan fingerprint density at radius 1 is 1.33 bits per heavy atom. The van der Waals surface area contributed by atoms with Crippen molar-refractivity contribution < 1.29 is 4.74 Å². The number of nitrogens with one attached hydrogen (secondary N) is 2. The average molecular weight is 346 g/mol. The third-order valence-electron chi connectivity index (χ3n) is 4.25. The molecule has 4 heterocycles. The number of hydrazone groups is 1. The fourth-order valence-corrected chi connectivity index (χ4v) is 3.88. The van der Waals surface area contributed by atoms with Gasteiger partial charge in [-0.2, -0.15) is 0 Å². The van der Waals surface area contributed by atoms with E-state index < -0.39 is 0 Å². The number of rotatable bonds is 2. The Kier molecular flexibility index (Phi) is 3.82. The number of thiazole rings is 1. The van der Waals surface area contributed by atoms with Gasteiger partial charge in [-0.15, -0.1) is 22.0 Å². The van der Waals surface area contributed by atoms with Crippen LogP contribution in [0.1, 0.15) is 37.6 Å². The normalized spacial score (nSPS) is 23.7. The molecule has 3 aliphatic heterocycles. The highest BCUT2D eigenvalue weighted by atomic mass is 32.1. The van der Waals surface area contributed by atoms with Gasteiger partial charge in [-0.1, -0.05) is 20.8 Å². The number of hydrazine groups is 2. The van der Waals surface area contributed by atoms with Crippen LogP contribution < -0.4 is 11.1 Å². The molecule has 2 N–H and O–H groups in total. The fraction of sp³-hybridized carbons (Fsp3) is 0.500. The largest absolute Gasteiger partial charge is 0.367 e. The van der Waals surface area contributed by atoms with E-state index in [1.54, 1.807) is 11.3 Å². The summed E-state index contributed by atoms with van der Waals surface area (Å²) in [6.45, 7) is 8.95. The second-order valence-electron chi connectivity index (χ2n) is 7.08. The summed E-state index contributed by atoms with van der Waals surface area (Å²) >= 11 is 1.69. The van der Waals surface area contributed by atoms with Gasteiger partial charge in [0.1, 0.15) is 11.1 Å². The van der Waals surface area contributed by atoms with Gasteiger partial charge in [0.15, 0.2) is 5.84 Å². The van der Waals surface area contributed by atoms with E-state index in [9.17, 15) is 0 Å². The van der Waals surface area contributed by atoms with Crippen molar-refractivity contribution in [3.05, 3.63) is 40.1 Å². The maximum absolute atomic E-state index is 5.99. The molecule has 0 aromatic carbocycles. The summed E-state index contributed by atoms with van der Waals surface area (Å²) < 4.78 is 5.99. The van der Waals surface area contributed by atoms with E-state index in [-0.39, 0.29) is 11.5 Å². The maximum atomic E-state index is 5.99. The van der Waals surface area contributed by atoms with E-state index in [2.05, 4.69) is 53.3 Å². The number of aromatic nitrogens is 1. The van der Waals surface area contributed by atoms with E-state index in [1.165, 1.54) is 0 Å². The molecule has 1 unspecified atom stereocenters. The van der Waals surface area contributed by atoms with Crippen molar-refractivity contribution in [1.29, 1.82) is 0 Å². The van der Waals surface area contributed by atoms with Crippen LogP contribution in [0.25, 0.3) is 0 Å². The molecular formula is C16H22N6OS. The van der Waals surface area contributed by atoms with Crippen molar-refractivity contribution in [3.8, 4) is 0 Å². The van der Waals surface area contributed by atoms with E-state index in [1.807, 2.05) is 17.3 Å². The van der Waals surface area contributed by atoms with Crippen molar-refractivity contribution in [2.45, 2.75) is 32.3 Å². The summed E-state index contributed by atoms with van der Waals surface area (Å²) in [4.78, 5) is 7.15. The Morgan fingerprint density at radius 2 is 2.21 bits per heavy atom. The highest BCUT2D eigenvalue weighted by molar-refractivity contribution is 7.09. The number of hydrogen-bond donors (Lipinski definition) is 2. The van der Waals surface area contributed by atoms with Gasteiger partial charge in [0.25, 0.3) is 0 Å². The van der Waals surface area contributed by atoms with Crippen LogP contribution in [0.5, 0.6) is 0 Å². The second kappa shape index (κ2) is 5.87. The molecule has 3 aliphatic rings. The standard InChI is InChI=1S/C16H22N6OS/c1-16(2,3)13-10-24-15(17-13)12-9-21(6-7-23-12)11-4-5-14-18-19-20-22(14)8-11/h4-5,8,10,12,19-20H,6-7,9H2,1-3H3. The molecule has 0 spiro atoms. The zero-order valence-electron chi connectivity index (χ0n) is 14.1. The molecule has 0 amide bonds. The summed E-state index contributed by atoms with van der Waals surface area (Å²) in [7, 11) is 0. The zero-order chi connectivity index (χ0) is 16.7. The van der Waals surface area contributed by atoms with Gasteiger partial charge in [-0.05, 0) is 12.2 Å². The summed E-state index contributed by atoms with van der Waals surface area (Å²) in [5.74, 6) is 0.860.